The fraction of sp³-hybridized carbons (Fsp3) is 0.261. The number of ether oxygens (including phenoxy) is 3. The summed E-state index contributed by atoms with van der Waals surface area (Å²) in [5, 5.41) is 18.4. The first-order valence-corrected chi connectivity index (χ1v) is 10.4. The van der Waals surface area contributed by atoms with Crippen LogP contribution in [-0.4, -0.2) is 48.0 Å². The molecule has 3 rings (SSSR count). The quantitative estimate of drug-likeness (QED) is 0.354. The van der Waals surface area contributed by atoms with Crippen molar-refractivity contribution in [2.75, 3.05) is 27.4 Å². The Morgan fingerprint density at radius 2 is 1.76 bits per heavy atom. The van der Waals surface area contributed by atoms with Crippen molar-refractivity contribution in [3.8, 4) is 28.5 Å². The Balaban J connectivity index is 1.74. The Bertz CT molecular complexity index is 1240. The molecular formula is C23H24N4O7. The second-order valence-electron chi connectivity index (χ2n) is 6.97. The lowest BCUT2D eigenvalue weighted by Gasteiger charge is -2.11. The van der Waals surface area contributed by atoms with Crippen molar-refractivity contribution >= 4 is 11.6 Å². The first-order valence-electron chi connectivity index (χ1n) is 10.4. The predicted octanol–water partition coefficient (Wildman–Crippen LogP) is 2.66. The summed E-state index contributed by atoms with van der Waals surface area (Å²) < 4.78 is 16.8. The van der Waals surface area contributed by atoms with Crippen molar-refractivity contribution in [2.45, 2.75) is 13.5 Å². The highest BCUT2D eigenvalue weighted by molar-refractivity contribution is 5.99. The van der Waals surface area contributed by atoms with E-state index < -0.39 is 16.5 Å². The first-order chi connectivity index (χ1) is 16.4. The first kappa shape index (κ1) is 24.2. The van der Waals surface area contributed by atoms with Gasteiger partial charge in [-0.2, -0.15) is 5.10 Å². The van der Waals surface area contributed by atoms with Crippen LogP contribution in [0, 0.1) is 10.1 Å². The van der Waals surface area contributed by atoms with Crippen molar-refractivity contribution in [3.63, 3.8) is 0 Å². The third-order valence-corrected chi connectivity index (χ3v) is 4.88. The molecule has 0 saturated heterocycles. The number of amides is 1. The van der Waals surface area contributed by atoms with Crippen LogP contribution >= 0.6 is 0 Å². The maximum Gasteiger partial charge on any atom is 0.286 e. The van der Waals surface area contributed by atoms with Gasteiger partial charge in [0, 0.05) is 24.2 Å². The smallest absolute Gasteiger partial charge is 0.286 e. The summed E-state index contributed by atoms with van der Waals surface area (Å²) in [5.41, 5.74) is 0.404. The molecular weight excluding hydrogens is 444 g/mol. The summed E-state index contributed by atoms with van der Waals surface area (Å²) in [7, 11) is 2.70. The number of nitro groups is 1. The Morgan fingerprint density at radius 1 is 1.09 bits per heavy atom. The van der Waals surface area contributed by atoms with Crippen LogP contribution in [0.5, 0.6) is 17.2 Å². The Morgan fingerprint density at radius 3 is 2.38 bits per heavy atom. The van der Waals surface area contributed by atoms with Gasteiger partial charge in [0.1, 0.15) is 11.3 Å². The number of hydrogen-bond donors (Lipinski definition) is 1. The molecule has 1 N–H and O–H groups in total. The van der Waals surface area contributed by atoms with E-state index in [0.717, 1.165) is 17.4 Å². The van der Waals surface area contributed by atoms with E-state index >= 15 is 0 Å². The highest BCUT2D eigenvalue weighted by Crippen LogP contribution is 2.34. The monoisotopic (exact) mass is 468 g/mol. The molecule has 11 nitrogen and oxygen atoms in total. The molecule has 0 aliphatic carbocycles. The van der Waals surface area contributed by atoms with Crippen LogP contribution < -0.4 is 25.1 Å². The molecule has 2 aromatic carbocycles. The van der Waals surface area contributed by atoms with Gasteiger partial charge >= 0.3 is 0 Å². The molecule has 0 atom stereocenters. The standard InChI is InChI=1S/C23H24N4O7/c1-4-34-16-7-5-15(6-8-16)18-9-10-22(28)26(25-18)12-11-24-23(29)17-13-20(32-2)21(33-3)14-19(17)27(30)31/h5-10,13-14H,4,11-12H2,1-3H3,(H,24,29). The van der Waals surface area contributed by atoms with Gasteiger partial charge in [-0.25, -0.2) is 4.68 Å². The van der Waals surface area contributed by atoms with Crippen LogP contribution in [0.15, 0.2) is 53.3 Å². The minimum atomic E-state index is -0.691. The molecule has 1 heterocycles. The van der Waals surface area contributed by atoms with Crippen LogP contribution in [0.25, 0.3) is 11.3 Å². The van der Waals surface area contributed by atoms with Gasteiger partial charge in [-0.3, -0.25) is 19.7 Å². The number of rotatable bonds is 10. The van der Waals surface area contributed by atoms with Crippen LogP contribution in [0.3, 0.4) is 0 Å². The number of carbonyl (C=O) groups excluding carboxylic acids is 1. The molecule has 0 bridgehead atoms. The van der Waals surface area contributed by atoms with Gasteiger partial charge in [-0.15, -0.1) is 0 Å². The minimum absolute atomic E-state index is 0.0178. The Labute approximate surface area is 195 Å². The molecule has 1 amide bonds. The topological polar surface area (TPSA) is 135 Å². The summed E-state index contributed by atoms with van der Waals surface area (Å²) in [6.07, 6.45) is 0. The zero-order chi connectivity index (χ0) is 24.7. The molecule has 0 spiro atoms. The van der Waals surface area contributed by atoms with Gasteiger partial charge in [0.2, 0.25) is 0 Å². The molecule has 178 valence electrons. The lowest BCUT2D eigenvalue weighted by molar-refractivity contribution is -0.385. The zero-order valence-electron chi connectivity index (χ0n) is 18.9. The van der Waals surface area contributed by atoms with Crippen molar-refractivity contribution in [1.82, 2.24) is 15.1 Å². The van der Waals surface area contributed by atoms with Crippen LogP contribution in [-0.2, 0) is 6.54 Å². The molecule has 1 aromatic heterocycles. The lowest BCUT2D eigenvalue weighted by atomic mass is 10.1. The summed E-state index contributed by atoms with van der Waals surface area (Å²) in [6, 6.07) is 12.7. The van der Waals surface area contributed by atoms with Crippen molar-refractivity contribution < 1.29 is 23.9 Å². The van der Waals surface area contributed by atoms with Crippen LogP contribution in [0.1, 0.15) is 17.3 Å². The molecule has 0 saturated carbocycles. The van der Waals surface area contributed by atoms with E-state index in [-0.39, 0.29) is 35.7 Å². The van der Waals surface area contributed by atoms with Crippen molar-refractivity contribution in [1.29, 1.82) is 0 Å². The summed E-state index contributed by atoms with van der Waals surface area (Å²) in [5.74, 6) is 0.349. The molecule has 3 aromatic rings. The summed E-state index contributed by atoms with van der Waals surface area (Å²) in [4.78, 5) is 35.6. The van der Waals surface area contributed by atoms with Crippen molar-refractivity contribution in [3.05, 3.63) is 74.6 Å². The van der Waals surface area contributed by atoms with Gasteiger partial charge in [0.15, 0.2) is 11.5 Å². The van der Waals surface area contributed by atoms with E-state index in [1.54, 1.807) is 6.07 Å². The average Bonchev–Trinajstić information content (AvgIpc) is 2.84. The molecule has 0 radical (unpaired) electrons. The number of nitrogens with zero attached hydrogens (tertiary/aromatic N) is 3. The lowest BCUT2D eigenvalue weighted by Crippen LogP contribution is -2.32. The second kappa shape index (κ2) is 10.9. The number of aromatic nitrogens is 2. The number of carbonyl (C=O) groups is 1. The van der Waals surface area contributed by atoms with Crippen LogP contribution in [0.2, 0.25) is 0 Å². The third-order valence-electron chi connectivity index (χ3n) is 4.88. The van der Waals surface area contributed by atoms with E-state index in [0.29, 0.717) is 12.3 Å². The van der Waals surface area contributed by atoms with Gasteiger partial charge in [0.05, 0.1) is 44.1 Å². The van der Waals surface area contributed by atoms with E-state index in [2.05, 4.69) is 10.4 Å². The highest BCUT2D eigenvalue weighted by Gasteiger charge is 2.24. The number of methoxy groups -OCH3 is 2. The number of hydrogen-bond acceptors (Lipinski definition) is 8. The van der Waals surface area contributed by atoms with E-state index in [1.807, 2.05) is 31.2 Å². The summed E-state index contributed by atoms with van der Waals surface area (Å²) in [6.45, 7) is 2.54. The number of nitrogens with one attached hydrogen (secondary N) is 1. The van der Waals surface area contributed by atoms with E-state index in [4.69, 9.17) is 14.2 Å². The van der Waals surface area contributed by atoms with Gasteiger partial charge < -0.3 is 19.5 Å². The molecule has 34 heavy (non-hydrogen) atoms. The SMILES string of the molecule is CCOc1ccc(-c2ccc(=O)n(CCNC(=O)c3cc(OC)c(OC)cc3[N+](=O)[O-])n2)cc1. The zero-order valence-corrected chi connectivity index (χ0v) is 18.9. The maximum atomic E-state index is 12.7. The van der Waals surface area contributed by atoms with Gasteiger partial charge in [0.25, 0.3) is 17.2 Å². The fourth-order valence-corrected chi connectivity index (χ4v) is 3.22. The number of nitro benzene ring substituents is 1. The highest BCUT2D eigenvalue weighted by atomic mass is 16.6. The molecule has 0 aliphatic heterocycles. The average molecular weight is 468 g/mol. The maximum absolute atomic E-state index is 12.7. The van der Waals surface area contributed by atoms with Gasteiger partial charge in [-0.05, 0) is 37.3 Å². The van der Waals surface area contributed by atoms with Crippen LogP contribution in [0.4, 0.5) is 5.69 Å². The largest absolute Gasteiger partial charge is 0.494 e. The molecule has 0 aliphatic rings. The third kappa shape index (κ3) is 5.49. The molecule has 0 unspecified atom stereocenters. The fourth-order valence-electron chi connectivity index (χ4n) is 3.22. The minimum Gasteiger partial charge on any atom is -0.494 e. The molecule has 0 fully saturated rings. The molecule has 11 heteroatoms. The Kier molecular flexibility index (Phi) is 7.80. The second-order valence-corrected chi connectivity index (χ2v) is 6.97. The summed E-state index contributed by atoms with van der Waals surface area (Å²) >= 11 is 0. The predicted molar refractivity (Wildman–Crippen MR) is 124 cm³/mol. The number of benzene rings is 2. The normalized spacial score (nSPS) is 10.4. The van der Waals surface area contributed by atoms with E-state index in [9.17, 15) is 19.7 Å². The van der Waals surface area contributed by atoms with Gasteiger partial charge in [-0.1, -0.05) is 0 Å². The van der Waals surface area contributed by atoms with E-state index in [1.165, 1.54) is 31.0 Å². The Hall–Kier alpha value is -4.41. The van der Waals surface area contributed by atoms with Crippen molar-refractivity contribution in [2.24, 2.45) is 0 Å².